The van der Waals surface area contributed by atoms with E-state index in [9.17, 15) is 4.79 Å². The molecule has 0 saturated heterocycles. The van der Waals surface area contributed by atoms with Crippen LogP contribution in [0.25, 0.3) is 0 Å². The Hall–Kier alpha value is -1.31. The minimum Gasteiger partial charge on any atom is -0.491 e. The highest BCUT2D eigenvalue weighted by molar-refractivity contribution is 5.98. The van der Waals surface area contributed by atoms with E-state index in [1.54, 1.807) is 0 Å². The van der Waals surface area contributed by atoms with Crippen LogP contribution in [0.15, 0.2) is 24.3 Å². The molecule has 0 amide bonds. The van der Waals surface area contributed by atoms with Gasteiger partial charge in [0.1, 0.15) is 5.75 Å². The van der Waals surface area contributed by atoms with E-state index in [4.69, 9.17) is 4.74 Å². The van der Waals surface area contributed by atoms with E-state index < -0.39 is 0 Å². The molecule has 1 fully saturated rings. The van der Waals surface area contributed by atoms with Gasteiger partial charge in [-0.05, 0) is 38.8 Å². The van der Waals surface area contributed by atoms with Crippen LogP contribution in [0.5, 0.6) is 5.75 Å². The zero-order valence-electron chi connectivity index (χ0n) is 10.6. The molecule has 0 spiro atoms. The van der Waals surface area contributed by atoms with Crippen LogP contribution in [0.1, 0.15) is 49.9 Å². The minimum atomic E-state index is 0.145. The third-order valence-electron chi connectivity index (χ3n) is 3.22. The van der Waals surface area contributed by atoms with Crippen molar-refractivity contribution in [1.29, 1.82) is 0 Å². The summed E-state index contributed by atoms with van der Waals surface area (Å²) in [4.78, 5) is 12.2. The molecule has 0 aliphatic heterocycles. The van der Waals surface area contributed by atoms with Crippen molar-refractivity contribution >= 4 is 5.78 Å². The van der Waals surface area contributed by atoms with E-state index in [2.05, 4.69) is 0 Å². The Morgan fingerprint density at radius 2 is 2.00 bits per heavy atom. The summed E-state index contributed by atoms with van der Waals surface area (Å²) in [5.41, 5.74) is 0.801. The smallest absolute Gasteiger partial charge is 0.166 e. The van der Waals surface area contributed by atoms with Crippen LogP contribution in [-0.4, -0.2) is 11.9 Å². The number of Topliss-reactive ketones (excluding diaryl/α,β-unsaturated/α-hetero) is 1. The van der Waals surface area contributed by atoms with Crippen LogP contribution < -0.4 is 4.74 Å². The van der Waals surface area contributed by atoms with Crippen LogP contribution in [0.4, 0.5) is 0 Å². The van der Waals surface area contributed by atoms with Gasteiger partial charge in [-0.2, -0.15) is 0 Å². The molecule has 0 radical (unpaired) electrons. The maximum Gasteiger partial charge on any atom is 0.166 e. The van der Waals surface area contributed by atoms with Gasteiger partial charge in [-0.1, -0.05) is 25.0 Å². The Bertz CT molecular complexity index is 390. The van der Waals surface area contributed by atoms with E-state index in [1.807, 2.05) is 38.1 Å². The van der Waals surface area contributed by atoms with Crippen LogP contribution in [0, 0.1) is 5.92 Å². The van der Waals surface area contributed by atoms with E-state index in [-0.39, 0.29) is 17.8 Å². The fourth-order valence-electron chi connectivity index (χ4n) is 2.42. The Labute approximate surface area is 103 Å². The summed E-state index contributed by atoms with van der Waals surface area (Å²) in [5, 5.41) is 0. The lowest BCUT2D eigenvalue weighted by molar-refractivity contribution is 0.0922. The second-order valence-electron chi connectivity index (χ2n) is 5.04. The number of hydrogen-bond donors (Lipinski definition) is 0. The zero-order valence-corrected chi connectivity index (χ0v) is 10.6. The number of carbonyl (C=O) groups is 1. The van der Waals surface area contributed by atoms with Crippen molar-refractivity contribution in [3.63, 3.8) is 0 Å². The van der Waals surface area contributed by atoms with Gasteiger partial charge in [0.25, 0.3) is 0 Å². The van der Waals surface area contributed by atoms with Gasteiger partial charge in [0.05, 0.1) is 6.10 Å². The number of hydrogen-bond acceptors (Lipinski definition) is 2. The zero-order chi connectivity index (χ0) is 12.3. The topological polar surface area (TPSA) is 26.3 Å². The molecule has 17 heavy (non-hydrogen) atoms. The Balaban J connectivity index is 2.12. The summed E-state index contributed by atoms with van der Waals surface area (Å²) in [6.07, 6.45) is 4.63. The van der Waals surface area contributed by atoms with Gasteiger partial charge in [0, 0.05) is 11.5 Å². The highest BCUT2D eigenvalue weighted by Gasteiger charge is 2.23. The predicted octanol–water partition coefficient (Wildman–Crippen LogP) is 3.85. The highest BCUT2D eigenvalue weighted by Crippen LogP contribution is 2.29. The normalized spacial score (nSPS) is 16.4. The number of ether oxygens (including phenoxy) is 1. The van der Waals surface area contributed by atoms with Crippen molar-refractivity contribution in [3.05, 3.63) is 29.8 Å². The molecule has 1 aromatic carbocycles. The maximum atomic E-state index is 12.2. The molecule has 1 saturated carbocycles. The van der Waals surface area contributed by atoms with Gasteiger partial charge in [0.2, 0.25) is 0 Å². The highest BCUT2D eigenvalue weighted by atomic mass is 16.5. The quantitative estimate of drug-likeness (QED) is 0.737. The first-order valence-electron chi connectivity index (χ1n) is 6.48. The van der Waals surface area contributed by atoms with E-state index in [0.29, 0.717) is 0 Å². The monoisotopic (exact) mass is 232 g/mol. The van der Waals surface area contributed by atoms with Crippen LogP contribution in [-0.2, 0) is 0 Å². The standard InChI is InChI=1S/C15H20O2/c1-11(2)17-14-9-5-8-13(10-14)15(16)12-6-3-4-7-12/h5,8-12H,3-4,6-7H2,1-2H3. The molecule has 1 aliphatic carbocycles. The first kappa shape index (κ1) is 12.2. The Morgan fingerprint density at radius 3 is 2.65 bits per heavy atom. The van der Waals surface area contributed by atoms with Gasteiger partial charge in [-0.15, -0.1) is 0 Å². The SMILES string of the molecule is CC(C)Oc1cccc(C(=O)C2CCCC2)c1. The first-order valence-corrected chi connectivity index (χ1v) is 6.48. The van der Waals surface area contributed by atoms with Gasteiger partial charge >= 0.3 is 0 Å². The maximum absolute atomic E-state index is 12.2. The molecule has 1 aromatic rings. The van der Waals surface area contributed by atoms with Gasteiger partial charge in [0.15, 0.2) is 5.78 Å². The van der Waals surface area contributed by atoms with Gasteiger partial charge in [-0.3, -0.25) is 4.79 Å². The van der Waals surface area contributed by atoms with Crippen molar-refractivity contribution < 1.29 is 9.53 Å². The van der Waals surface area contributed by atoms with Crippen molar-refractivity contribution in [2.45, 2.75) is 45.6 Å². The van der Waals surface area contributed by atoms with Crippen molar-refractivity contribution in [3.8, 4) is 5.75 Å². The third kappa shape index (κ3) is 3.09. The van der Waals surface area contributed by atoms with Crippen LogP contribution >= 0.6 is 0 Å². The molecule has 0 bridgehead atoms. The summed E-state index contributed by atoms with van der Waals surface area (Å²) < 4.78 is 5.62. The molecule has 1 aliphatic rings. The van der Waals surface area contributed by atoms with E-state index in [1.165, 1.54) is 12.8 Å². The van der Waals surface area contributed by atoms with Crippen molar-refractivity contribution in [2.75, 3.05) is 0 Å². The number of ketones is 1. The second kappa shape index (κ2) is 5.35. The lowest BCUT2D eigenvalue weighted by atomic mass is 9.96. The molecule has 0 aromatic heterocycles. The van der Waals surface area contributed by atoms with Crippen LogP contribution in [0.3, 0.4) is 0 Å². The lowest BCUT2D eigenvalue weighted by Crippen LogP contribution is -2.12. The summed E-state index contributed by atoms with van der Waals surface area (Å²) in [6, 6.07) is 7.58. The van der Waals surface area contributed by atoms with Gasteiger partial charge < -0.3 is 4.74 Å². The van der Waals surface area contributed by atoms with E-state index >= 15 is 0 Å². The number of rotatable bonds is 4. The average molecular weight is 232 g/mol. The molecule has 0 unspecified atom stereocenters. The molecular formula is C15H20O2. The van der Waals surface area contributed by atoms with Crippen molar-refractivity contribution in [2.24, 2.45) is 5.92 Å². The molecule has 2 rings (SSSR count). The fourth-order valence-corrected chi connectivity index (χ4v) is 2.42. The first-order chi connectivity index (χ1) is 8.16. The molecule has 2 nitrogen and oxygen atoms in total. The summed E-state index contributed by atoms with van der Waals surface area (Å²) >= 11 is 0. The fraction of sp³-hybridized carbons (Fsp3) is 0.533. The van der Waals surface area contributed by atoms with Crippen molar-refractivity contribution in [1.82, 2.24) is 0 Å². The van der Waals surface area contributed by atoms with Gasteiger partial charge in [-0.25, -0.2) is 0 Å². The molecule has 92 valence electrons. The molecule has 0 atom stereocenters. The summed E-state index contributed by atoms with van der Waals surface area (Å²) in [5.74, 6) is 1.32. The Kier molecular flexibility index (Phi) is 3.82. The molecular weight excluding hydrogens is 212 g/mol. The summed E-state index contributed by atoms with van der Waals surface area (Å²) in [7, 11) is 0. The molecule has 0 N–H and O–H groups in total. The summed E-state index contributed by atoms with van der Waals surface area (Å²) in [6.45, 7) is 3.98. The largest absolute Gasteiger partial charge is 0.491 e. The Morgan fingerprint density at radius 1 is 1.29 bits per heavy atom. The predicted molar refractivity (Wildman–Crippen MR) is 68.5 cm³/mol. The minimum absolute atomic E-state index is 0.145. The lowest BCUT2D eigenvalue weighted by Gasteiger charge is -2.12. The average Bonchev–Trinajstić information content (AvgIpc) is 2.81. The number of carbonyl (C=O) groups excluding carboxylic acids is 1. The third-order valence-corrected chi connectivity index (χ3v) is 3.22. The van der Waals surface area contributed by atoms with Crippen LogP contribution in [0.2, 0.25) is 0 Å². The molecule has 0 heterocycles. The van der Waals surface area contributed by atoms with E-state index in [0.717, 1.165) is 24.2 Å². The number of benzene rings is 1. The second-order valence-corrected chi connectivity index (χ2v) is 5.04. The molecule has 2 heteroatoms.